The van der Waals surface area contributed by atoms with E-state index in [1.54, 1.807) is 0 Å². The second-order valence-corrected chi connectivity index (χ2v) is 16.6. The average Bonchev–Trinajstić information content (AvgIpc) is 2.22. The fourth-order valence-corrected chi connectivity index (χ4v) is 11.0. The summed E-state index contributed by atoms with van der Waals surface area (Å²) in [6.07, 6.45) is 0. The van der Waals surface area contributed by atoms with E-state index >= 15 is 0 Å². The van der Waals surface area contributed by atoms with Gasteiger partial charge in [0.05, 0.1) is 0 Å². The molecule has 0 atom stereocenters. The molecule has 0 heterocycles. The Morgan fingerprint density at radius 3 is 1.83 bits per heavy atom. The summed E-state index contributed by atoms with van der Waals surface area (Å²) < 4.78 is 2.58. The summed E-state index contributed by atoms with van der Waals surface area (Å²) >= 11 is 0. The van der Waals surface area contributed by atoms with Crippen molar-refractivity contribution in [3.63, 3.8) is 0 Å². The van der Waals surface area contributed by atoms with Crippen molar-refractivity contribution >= 4 is 23.5 Å². The van der Waals surface area contributed by atoms with E-state index in [0.717, 1.165) is 5.56 Å². The van der Waals surface area contributed by atoms with E-state index in [4.69, 9.17) is 0 Å². The third-order valence-corrected chi connectivity index (χ3v) is 9.80. The van der Waals surface area contributed by atoms with Gasteiger partial charge in [-0.15, -0.1) is 0 Å². The zero-order valence-electron chi connectivity index (χ0n) is 12.4. The molecule has 0 unspecified atom stereocenters. The molecule has 0 N–H and O–H groups in total. The van der Waals surface area contributed by atoms with Crippen LogP contribution in [0.2, 0.25) is 39.3 Å². The summed E-state index contributed by atoms with van der Waals surface area (Å²) in [4.78, 5) is 0. The second kappa shape index (κ2) is 5.81. The van der Waals surface area contributed by atoms with E-state index in [1.165, 1.54) is 0 Å². The molecular formula is C14H23BNSi2+. The molecule has 0 aliphatic rings. The zero-order valence-corrected chi connectivity index (χ0v) is 14.4. The van der Waals surface area contributed by atoms with Crippen LogP contribution in [0, 0.1) is 11.7 Å². The first-order chi connectivity index (χ1) is 8.21. The zero-order chi connectivity index (χ0) is 13.8. The Labute approximate surface area is 114 Å². The van der Waals surface area contributed by atoms with Gasteiger partial charge < -0.3 is 0 Å². The van der Waals surface area contributed by atoms with Gasteiger partial charge in [0.1, 0.15) is 0 Å². The predicted octanol–water partition coefficient (Wildman–Crippen LogP) is 3.57. The van der Waals surface area contributed by atoms with Crippen LogP contribution in [-0.2, 0) is 0 Å². The first-order valence-electron chi connectivity index (χ1n) is 6.40. The molecule has 0 aliphatic heterocycles. The molecular weight excluding hydrogens is 249 g/mol. The topological polar surface area (TPSA) is 3.01 Å². The number of rotatable bonds is 2. The maximum atomic E-state index is 3.24. The molecule has 4 heteroatoms. The predicted molar refractivity (Wildman–Crippen MR) is 86.0 cm³/mol. The van der Waals surface area contributed by atoms with Crippen LogP contribution in [0.1, 0.15) is 5.56 Å². The van der Waals surface area contributed by atoms with Crippen molar-refractivity contribution in [1.29, 1.82) is 0 Å². The molecule has 1 aromatic carbocycles. The first kappa shape index (κ1) is 15.1. The number of hydrogen-bond donors (Lipinski definition) is 0. The first-order valence-corrected chi connectivity index (χ1v) is 13.3. The van der Waals surface area contributed by atoms with Crippen molar-refractivity contribution in [3.05, 3.63) is 35.9 Å². The standard InChI is InChI=1S/C14H23BNSi2/c1-17(2,3)16(18(4,5)6)15-13-12-14-10-8-7-9-11-14/h7-11H,1-6H3/q+1. The Kier molecular flexibility index (Phi) is 4.89. The maximum absolute atomic E-state index is 3.24. The van der Waals surface area contributed by atoms with Gasteiger partial charge >= 0.3 is 114 Å². The van der Waals surface area contributed by atoms with Crippen molar-refractivity contribution < 1.29 is 3.81 Å². The summed E-state index contributed by atoms with van der Waals surface area (Å²) in [5.41, 5.74) is 1.08. The van der Waals surface area contributed by atoms with E-state index in [1.807, 2.05) is 30.3 Å². The molecule has 0 amide bonds. The summed E-state index contributed by atoms with van der Waals surface area (Å²) in [5.74, 6) is 6.45. The van der Waals surface area contributed by atoms with Crippen LogP contribution in [-0.4, -0.2) is 27.4 Å². The van der Waals surface area contributed by atoms with Gasteiger partial charge in [-0.3, -0.25) is 0 Å². The van der Waals surface area contributed by atoms with E-state index in [-0.39, 0.29) is 0 Å². The fraction of sp³-hybridized carbons (Fsp3) is 0.429. The second-order valence-electron chi connectivity index (χ2n) is 6.48. The van der Waals surface area contributed by atoms with Crippen LogP contribution < -0.4 is 0 Å². The van der Waals surface area contributed by atoms with Crippen LogP contribution >= 0.6 is 0 Å². The molecule has 0 saturated carbocycles. The molecule has 0 spiro atoms. The van der Waals surface area contributed by atoms with Gasteiger partial charge in [-0.1, -0.05) is 0 Å². The monoisotopic (exact) mass is 272 g/mol. The Hall–Kier alpha value is -0.921. The number of nitrogens with zero attached hydrogens (tertiary/aromatic N) is 1. The SMILES string of the molecule is C[Si](C)(C)[N+](=BC#Cc1ccccc1)[Si](C)(C)C. The molecule has 0 saturated heterocycles. The van der Waals surface area contributed by atoms with Crippen LogP contribution in [0.15, 0.2) is 30.3 Å². The molecule has 1 rings (SSSR count). The van der Waals surface area contributed by atoms with Gasteiger partial charge in [0.15, 0.2) is 0 Å². The van der Waals surface area contributed by atoms with Gasteiger partial charge in [0.25, 0.3) is 0 Å². The van der Waals surface area contributed by atoms with Crippen LogP contribution in [0.4, 0.5) is 0 Å². The quantitative estimate of drug-likeness (QED) is 0.572. The van der Waals surface area contributed by atoms with Gasteiger partial charge in [-0.25, -0.2) is 0 Å². The third kappa shape index (κ3) is 4.75. The van der Waals surface area contributed by atoms with E-state index < -0.39 is 16.5 Å². The van der Waals surface area contributed by atoms with Crippen LogP contribution in [0.5, 0.6) is 0 Å². The van der Waals surface area contributed by atoms with Gasteiger partial charge in [-0.2, -0.15) is 0 Å². The molecule has 1 nitrogen and oxygen atoms in total. The number of benzene rings is 1. The Bertz CT molecular complexity index is 469. The van der Waals surface area contributed by atoms with Gasteiger partial charge in [-0.05, 0) is 0 Å². The molecule has 0 bridgehead atoms. The molecule has 1 aromatic rings. The van der Waals surface area contributed by atoms with Crippen molar-refractivity contribution in [1.82, 2.24) is 0 Å². The van der Waals surface area contributed by atoms with Crippen molar-refractivity contribution in [2.45, 2.75) is 39.3 Å². The fourth-order valence-electron chi connectivity index (χ4n) is 2.10. The summed E-state index contributed by atoms with van der Waals surface area (Å²) in [7, 11) is -0.516. The van der Waals surface area contributed by atoms with Gasteiger partial charge in [0, 0.05) is 0 Å². The average molecular weight is 272 g/mol. The molecule has 18 heavy (non-hydrogen) atoms. The van der Waals surface area contributed by atoms with Crippen LogP contribution in [0.3, 0.4) is 0 Å². The molecule has 94 valence electrons. The summed E-state index contributed by atoms with van der Waals surface area (Å²) in [6.45, 7) is 14.3. The summed E-state index contributed by atoms with van der Waals surface area (Å²) in [5, 5.41) is 0. The molecule has 0 fully saturated rings. The van der Waals surface area contributed by atoms with Crippen LogP contribution in [0.25, 0.3) is 0 Å². The normalized spacial score (nSPS) is 11.2. The van der Waals surface area contributed by atoms with Crippen molar-refractivity contribution in [2.24, 2.45) is 0 Å². The van der Waals surface area contributed by atoms with E-state index in [9.17, 15) is 0 Å². The van der Waals surface area contributed by atoms with E-state index in [0.29, 0.717) is 0 Å². The van der Waals surface area contributed by atoms with Gasteiger partial charge in [0.2, 0.25) is 0 Å². The van der Waals surface area contributed by atoms with Crippen molar-refractivity contribution in [3.8, 4) is 11.7 Å². The van der Waals surface area contributed by atoms with E-state index in [2.05, 4.69) is 61.9 Å². The molecule has 0 radical (unpaired) electrons. The minimum atomic E-state index is -1.32. The third-order valence-electron chi connectivity index (χ3n) is 2.63. The van der Waals surface area contributed by atoms with Crippen molar-refractivity contribution in [2.75, 3.05) is 0 Å². The summed E-state index contributed by atoms with van der Waals surface area (Å²) in [6, 6.07) is 10.2. The Balaban J connectivity index is 3.04. The molecule has 0 aliphatic carbocycles. The molecule has 0 aromatic heterocycles. The Morgan fingerprint density at radius 1 is 0.889 bits per heavy atom. The Morgan fingerprint density at radius 2 is 1.39 bits per heavy atom. The number of hydrogen-bond acceptors (Lipinski definition) is 0. The minimum absolute atomic E-state index is 1.08.